The number of nitrogens with one attached hydrogen (secondary N) is 1. The van der Waals surface area contributed by atoms with Crippen LogP contribution in [0, 0.1) is 0 Å². The van der Waals surface area contributed by atoms with Crippen LogP contribution in [-0.2, 0) is 4.79 Å². The maximum atomic E-state index is 11.6. The van der Waals surface area contributed by atoms with E-state index in [0.717, 1.165) is 4.47 Å². The van der Waals surface area contributed by atoms with Crippen LogP contribution in [0.15, 0.2) is 28.7 Å². The van der Waals surface area contributed by atoms with Crippen LogP contribution < -0.4 is 10.1 Å². The minimum absolute atomic E-state index is 0.00334. The van der Waals surface area contributed by atoms with Crippen LogP contribution >= 0.6 is 15.9 Å². The first-order chi connectivity index (χ1) is 8.52. The standard InChI is InChI=1S/C12H16BrNO4/c1-8(12(17)14-6-10(16)7-15)18-11-4-2-9(13)3-5-11/h2-5,8,10,15-16H,6-7H2,1H3,(H,14,17). The molecule has 100 valence electrons. The van der Waals surface area contributed by atoms with Gasteiger partial charge in [0.25, 0.3) is 5.91 Å². The minimum Gasteiger partial charge on any atom is -0.481 e. The van der Waals surface area contributed by atoms with E-state index in [1.807, 2.05) is 12.1 Å². The lowest BCUT2D eigenvalue weighted by atomic mass is 10.3. The molecule has 0 saturated heterocycles. The molecule has 18 heavy (non-hydrogen) atoms. The van der Waals surface area contributed by atoms with Crippen molar-refractivity contribution in [3.63, 3.8) is 0 Å². The topological polar surface area (TPSA) is 78.8 Å². The zero-order chi connectivity index (χ0) is 13.5. The monoisotopic (exact) mass is 317 g/mol. The lowest BCUT2D eigenvalue weighted by molar-refractivity contribution is -0.127. The predicted octanol–water partition coefficient (Wildman–Crippen LogP) is 0.686. The molecule has 0 bridgehead atoms. The molecule has 0 heterocycles. The molecule has 0 aromatic heterocycles. The van der Waals surface area contributed by atoms with Gasteiger partial charge >= 0.3 is 0 Å². The molecule has 1 rings (SSSR count). The van der Waals surface area contributed by atoms with Crippen molar-refractivity contribution in [1.29, 1.82) is 0 Å². The van der Waals surface area contributed by atoms with Crippen molar-refractivity contribution >= 4 is 21.8 Å². The van der Waals surface area contributed by atoms with Crippen LogP contribution in [0.4, 0.5) is 0 Å². The summed E-state index contributed by atoms with van der Waals surface area (Å²) in [6.45, 7) is 1.23. The van der Waals surface area contributed by atoms with E-state index in [1.165, 1.54) is 0 Å². The summed E-state index contributed by atoms with van der Waals surface area (Å²) in [6, 6.07) is 7.12. The Bertz CT molecular complexity index is 382. The number of hydrogen-bond acceptors (Lipinski definition) is 4. The minimum atomic E-state index is -0.950. The van der Waals surface area contributed by atoms with Gasteiger partial charge in [0.1, 0.15) is 5.75 Å². The van der Waals surface area contributed by atoms with Gasteiger partial charge in [-0.1, -0.05) is 15.9 Å². The molecule has 0 aliphatic rings. The van der Waals surface area contributed by atoms with Crippen molar-refractivity contribution in [2.24, 2.45) is 0 Å². The molecule has 0 fully saturated rings. The van der Waals surface area contributed by atoms with Gasteiger partial charge in [0.15, 0.2) is 6.10 Å². The summed E-state index contributed by atoms with van der Waals surface area (Å²) >= 11 is 3.30. The third kappa shape index (κ3) is 5.03. The zero-order valence-electron chi connectivity index (χ0n) is 9.97. The number of aliphatic hydroxyl groups is 2. The second kappa shape index (κ2) is 7.35. The second-order valence-electron chi connectivity index (χ2n) is 3.80. The van der Waals surface area contributed by atoms with E-state index in [1.54, 1.807) is 19.1 Å². The lowest BCUT2D eigenvalue weighted by Gasteiger charge is -2.15. The highest BCUT2D eigenvalue weighted by molar-refractivity contribution is 9.10. The molecule has 1 aromatic carbocycles. The zero-order valence-corrected chi connectivity index (χ0v) is 11.6. The van der Waals surface area contributed by atoms with Crippen LogP contribution in [0.2, 0.25) is 0 Å². The van der Waals surface area contributed by atoms with Crippen molar-refractivity contribution in [2.45, 2.75) is 19.1 Å². The SMILES string of the molecule is CC(Oc1ccc(Br)cc1)C(=O)NCC(O)CO. The van der Waals surface area contributed by atoms with Gasteiger partial charge in [-0.15, -0.1) is 0 Å². The highest BCUT2D eigenvalue weighted by atomic mass is 79.9. The molecular formula is C12H16BrNO4. The lowest BCUT2D eigenvalue weighted by Crippen LogP contribution is -2.41. The Morgan fingerprint density at radius 2 is 2.06 bits per heavy atom. The first kappa shape index (κ1) is 14.9. The summed E-state index contributed by atoms with van der Waals surface area (Å²) in [5.74, 6) is 0.244. The molecule has 6 heteroatoms. The summed E-state index contributed by atoms with van der Waals surface area (Å²) in [5, 5.41) is 20.2. The third-order valence-corrected chi connectivity index (χ3v) is 2.75. The van der Waals surface area contributed by atoms with Crippen LogP contribution in [0.5, 0.6) is 5.75 Å². The number of carbonyl (C=O) groups is 1. The van der Waals surface area contributed by atoms with Gasteiger partial charge in [0.2, 0.25) is 0 Å². The summed E-state index contributed by atoms with van der Waals surface area (Å²) in [6.07, 6.45) is -1.62. The van der Waals surface area contributed by atoms with Crippen molar-refractivity contribution < 1.29 is 19.7 Å². The van der Waals surface area contributed by atoms with E-state index in [9.17, 15) is 4.79 Å². The van der Waals surface area contributed by atoms with Crippen LogP contribution in [0.3, 0.4) is 0 Å². The average molecular weight is 318 g/mol. The molecule has 2 atom stereocenters. The Morgan fingerprint density at radius 1 is 1.44 bits per heavy atom. The molecule has 0 spiro atoms. The summed E-state index contributed by atoms with van der Waals surface area (Å²) < 4.78 is 6.35. The van der Waals surface area contributed by atoms with Gasteiger partial charge in [-0.05, 0) is 31.2 Å². The molecule has 3 N–H and O–H groups in total. The molecular weight excluding hydrogens is 302 g/mol. The van der Waals surface area contributed by atoms with Crippen LogP contribution in [0.25, 0.3) is 0 Å². The van der Waals surface area contributed by atoms with E-state index in [-0.39, 0.29) is 19.1 Å². The number of carbonyl (C=O) groups excluding carboxylic acids is 1. The summed E-state index contributed by atoms with van der Waals surface area (Å²) in [5.41, 5.74) is 0. The van der Waals surface area contributed by atoms with Crippen molar-refractivity contribution in [3.8, 4) is 5.75 Å². The van der Waals surface area contributed by atoms with Crippen LogP contribution in [0.1, 0.15) is 6.92 Å². The maximum Gasteiger partial charge on any atom is 0.260 e. The van der Waals surface area contributed by atoms with Gasteiger partial charge in [-0.3, -0.25) is 4.79 Å². The number of halogens is 1. The fourth-order valence-corrected chi connectivity index (χ4v) is 1.46. The van der Waals surface area contributed by atoms with Crippen LogP contribution in [-0.4, -0.2) is 41.5 Å². The van der Waals surface area contributed by atoms with E-state index >= 15 is 0 Å². The summed E-state index contributed by atoms with van der Waals surface area (Å²) in [4.78, 5) is 11.6. The van der Waals surface area contributed by atoms with E-state index in [0.29, 0.717) is 5.75 Å². The predicted molar refractivity (Wildman–Crippen MR) is 70.3 cm³/mol. The van der Waals surface area contributed by atoms with E-state index < -0.39 is 12.2 Å². The Kier molecular flexibility index (Phi) is 6.11. The molecule has 1 amide bonds. The molecule has 0 saturated carbocycles. The largest absolute Gasteiger partial charge is 0.481 e. The first-order valence-corrected chi connectivity index (χ1v) is 6.31. The summed E-state index contributed by atoms with van der Waals surface area (Å²) in [7, 11) is 0. The number of amides is 1. The second-order valence-corrected chi connectivity index (χ2v) is 4.71. The smallest absolute Gasteiger partial charge is 0.260 e. The van der Waals surface area contributed by atoms with Gasteiger partial charge < -0.3 is 20.3 Å². The molecule has 2 unspecified atom stereocenters. The van der Waals surface area contributed by atoms with Gasteiger partial charge in [-0.2, -0.15) is 0 Å². The third-order valence-electron chi connectivity index (χ3n) is 2.22. The number of aliphatic hydroxyl groups excluding tert-OH is 2. The van der Waals surface area contributed by atoms with Gasteiger partial charge in [-0.25, -0.2) is 0 Å². The highest BCUT2D eigenvalue weighted by Crippen LogP contribution is 2.17. The molecule has 1 aromatic rings. The van der Waals surface area contributed by atoms with E-state index in [4.69, 9.17) is 14.9 Å². The quantitative estimate of drug-likeness (QED) is 0.721. The first-order valence-electron chi connectivity index (χ1n) is 5.51. The number of ether oxygens (including phenoxy) is 1. The fraction of sp³-hybridized carbons (Fsp3) is 0.417. The average Bonchev–Trinajstić information content (AvgIpc) is 2.38. The highest BCUT2D eigenvalue weighted by Gasteiger charge is 2.15. The molecule has 0 aliphatic carbocycles. The molecule has 0 aliphatic heterocycles. The van der Waals surface area contributed by atoms with Gasteiger partial charge in [0, 0.05) is 11.0 Å². The van der Waals surface area contributed by atoms with E-state index in [2.05, 4.69) is 21.2 Å². The normalized spacial score (nSPS) is 13.8. The van der Waals surface area contributed by atoms with Crippen molar-refractivity contribution in [1.82, 2.24) is 5.32 Å². The number of hydrogen-bond donors (Lipinski definition) is 3. The number of benzene rings is 1. The maximum absolute atomic E-state index is 11.6. The fourth-order valence-electron chi connectivity index (χ4n) is 1.20. The Morgan fingerprint density at radius 3 is 2.61 bits per heavy atom. The number of rotatable bonds is 6. The Balaban J connectivity index is 2.42. The molecule has 5 nitrogen and oxygen atoms in total. The Labute approximate surface area is 114 Å². The van der Waals surface area contributed by atoms with Gasteiger partial charge in [0.05, 0.1) is 12.7 Å². The molecule has 0 radical (unpaired) electrons. The van der Waals surface area contributed by atoms with Crippen molar-refractivity contribution in [3.05, 3.63) is 28.7 Å². The van der Waals surface area contributed by atoms with Crippen molar-refractivity contribution in [2.75, 3.05) is 13.2 Å². The Hall–Kier alpha value is -1.11.